The van der Waals surface area contributed by atoms with Gasteiger partial charge in [-0.05, 0) is 67.3 Å². The van der Waals surface area contributed by atoms with Crippen LogP contribution < -0.4 is 10.2 Å². The van der Waals surface area contributed by atoms with Gasteiger partial charge in [0.2, 0.25) is 0 Å². The standard InChI is InChI=1S/C24H23FN6/c1-15-10-17(8-9-27-15)24-23(16-2-4-20(25)5-3-16)28-21-6-7-22(29-31(21)24)30-13-18-11-26-12-19(18)14-30/h2-10,18-19,26H,11-14H2,1H3. The smallest absolute Gasteiger partial charge is 0.155 e. The topological polar surface area (TPSA) is 58.4 Å². The van der Waals surface area contributed by atoms with Gasteiger partial charge >= 0.3 is 0 Å². The molecule has 7 heteroatoms. The highest BCUT2D eigenvalue weighted by molar-refractivity contribution is 5.81. The molecule has 2 unspecified atom stereocenters. The molecule has 2 aliphatic rings. The van der Waals surface area contributed by atoms with Crippen molar-refractivity contribution in [2.45, 2.75) is 6.92 Å². The molecule has 2 fully saturated rings. The van der Waals surface area contributed by atoms with E-state index in [-0.39, 0.29) is 5.82 Å². The van der Waals surface area contributed by atoms with Gasteiger partial charge in [-0.25, -0.2) is 13.9 Å². The molecule has 31 heavy (non-hydrogen) atoms. The third kappa shape index (κ3) is 3.16. The molecule has 0 bridgehead atoms. The Balaban J connectivity index is 1.51. The monoisotopic (exact) mass is 414 g/mol. The maximum absolute atomic E-state index is 13.5. The predicted octanol–water partition coefficient (Wildman–Crippen LogP) is 3.56. The number of aromatic nitrogens is 4. The number of hydrogen-bond donors (Lipinski definition) is 1. The first-order valence-electron chi connectivity index (χ1n) is 10.7. The number of pyridine rings is 1. The van der Waals surface area contributed by atoms with Crippen LogP contribution >= 0.6 is 0 Å². The van der Waals surface area contributed by atoms with E-state index in [4.69, 9.17) is 10.1 Å². The summed E-state index contributed by atoms with van der Waals surface area (Å²) in [6, 6.07) is 14.6. The summed E-state index contributed by atoms with van der Waals surface area (Å²) in [5, 5.41) is 8.51. The molecule has 6 nitrogen and oxygen atoms in total. The summed E-state index contributed by atoms with van der Waals surface area (Å²) in [6.07, 6.45) is 1.80. The van der Waals surface area contributed by atoms with Crippen LogP contribution in [0, 0.1) is 24.6 Å². The lowest BCUT2D eigenvalue weighted by molar-refractivity contribution is 0.533. The molecule has 1 aromatic carbocycles. The molecule has 156 valence electrons. The number of imidazole rings is 1. The van der Waals surface area contributed by atoms with E-state index in [2.05, 4.69) is 21.3 Å². The number of rotatable bonds is 3. The van der Waals surface area contributed by atoms with E-state index < -0.39 is 0 Å². The van der Waals surface area contributed by atoms with E-state index in [0.29, 0.717) is 11.8 Å². The van der Waals surface area contributed by atoms with Crippen molar-refractivity contribution in [2.24, 2.45) is 11.8 Å². The second kappa shape index (κ2) is 7.13. The van der Waals surface area contributed by atoms with Gasteiger partial charge in [0.25, 0.3) is 0 Å². The van der Waals surface area contributed by atoms with Crippen molar-refractivity contribution in [2.75, 3.05) is 31.1 Å². The van der Waals surface area contributed by atoms with Gasteiger partial charge in [-0.1, -0.05) is 0 Å². The van der Waals surface area contributed by atoms with Crippen LogP contribution in [0.2, 0.25) is 0 Å². The van der Waals surface area contributed by atoms with Gasteiger partial charge in [-0.15, -0.1) is 5.10 Å². The Bertz CT molecular complexity index is 1250. The number of benzene rings is 1. The Morgan fingerprint density at radius 1 is 0.968 bits per heavy atom. The Kier molecular flexibility index (Phi) is 4.24. The summed E-state index contributed by atoms with van der Waals surface area (Å²) in [4.78, 5) is 11.6. The van der Waals surface area contributed by atoms with Gasteiger partial charge in [-0.3, -0.25) is 4.98 Å². The predicted molar refractivity (Wildman–Crippen MR) is 118 cm³/mol. The lowest BCUT2D eigenvalue weighted by Crippen LogP contribution is -2.26. The fraction of sp³-hybridized carbons (Fsp3) is 0.292. The molecule has 0 saturated carbocycles. The maximum atomic E-state index is 13.5. The van der Waals surface area contributed by atoms with Crippen LogP contribution in [0.25, 0.3) is 28.2 Å². The van der Waals surface area contributed by atoms with Crippen molar-refractivity contribution < 1.29 is 4.39 Å². The van der Waals surface area contributed by atoms with Crippen molar-refractivity contribution in [3.8, 4) is 22.5 Å². The molecule has 2 atom stereocenters. The highest BCUT2D eigenvalue weighted by Gasteiger charge is 2.36. The van der Waals surface area contributed by atoms with Gasteiger partial charge < -0.3 is 10.2 Å². The van der Waals surface area contributed by atoms with E-state index in [1.165, 1.54) is 12.1 Å². The molecule has 3 aromatic heterocycles. The number of nitrogens with one attached hydrogen (secondary N) is 1. The molecular formula is C24H23FN6. The van der Waals surface area contributed by atoms with Crippen molar-refractivity contribution >= 4 is 11.5 Å². The largest absolute Gasteiger partial charge is 0.355 e. The average Bonchev–Trinajstić information content (AvgIpc) is 3.47. The SMILES string of the molecule is Cc1cc(-c2c(-c3ccc(F)cc3)nc3ccc(N4CC5CNCC5C4)nn23)ccn1. The van der Waals surface area contributed by atoms with Crippen LogP contribution in [0.5, 0.6) is 0 Å². The Morgan fingerprint density at radius 2 is 1.74 bits per heavy atom. The summed E-state index contributed by atoms with van der Waals surface area (Å²) < 4.78 is 15.5. The van der Waals surface area contributed by atoms with Crippen LogP contribution in [-0.4, -0.2) is 45.8 Å². The van der Waals surface area contributed by atoms with Crippen LogP contribution in [0.1, 0.15) is 5.69 Å². The number of nitrogens with zero attached hydrogens (tertiary/aromatic N) is 5. The number of aryl methyl sites for hydroxylation is 1. The minimum absolute atomic E-state index is 0.261. The zero-order valence-electron chi connectivity index (χ0n) is 17.3. The maximum Gasteiger partial charge on any atom is 0.155 e. The van der Waals surface area contributed by atoms with Crippen molar-refractivity contribution in [1.82, 2.24) is 24.9 Å². The van der Waals surface area contributed by atoms with Crippen LogP contribution in [0.3, 0.4) is 0 Å². The lowest BCUT2D eigenvalue weighted by atomic mass is 10.0. The second-order valence-electron chi connectivity index (χ2n) is 8.55. The normalized spacial score (nSPS) is 20.5. The Hall–Kier alpha value is -3.32. The van der Waals surface area contributed by atoms with Crippen molar-refractivity contribution in [3.63, 3.8) is 0 Å². The first-order chi connectivity index (χ1) is 15.2. The molecule has 1 N–H and O–H groups in total. The summed E-state index contributed by atoms with van der Waals surface area (Å²) >= 11 is 0. The summed E-state index contributed by atoms with van der Waals surface area (Å²) in [5.41, 5.74) is 5.24. The zero-order chi connectivity index (χ0) is 20.9. The molecule has 4 aromatic rings. The van der Waals surface area contributed by atoms with Crippen LogP contribution in [0.15, 0.2) is 54.7 Å². The van der Waals surface area contributed by atoms with E-state index in [1.807, 2.05) is 29.6 Å². The number of halogens is 1. The quantitative estimate of drug-likeness (QED) is 0.556. The first kappa shape index (κ1) is 18.4. The highest BCUT2D eigenvalue weighted by Crippen LogP contribution is 2.34. The van der Waals surface area contributed by atoms with E-state index in [1.54, 1.807) is 18.3 Å². The van der Waals surface area contributed by atoms with Gasteiger partial charge in [0.15, 0.2) is 5.65 Å². The molecule has 2 saturated heterocycles. The van der Waals surface area contributed by atoms with Gasteiger partial charge in [0.05, 0.1) is 5.69 Å². The molecule has 5 heterocycles. The minimum Gasteiger partial charge on any atom is -0.355 e. The third-order valence-corrected chi connectivity index (χ3v) is 6.46. The van der Waals surface area contributed by atoms with Gasteiger partial charge in [0.1, 0.15) is 17.3 Å². The molecule has 6 rings (SSSR count). The minimum atomic E-state index is -0.261. The fourth-order valence-electron chi connectivity index (χ4n) is 4.90. The fourth-order valence-corrected chi connectivity index (χ4v) is 4.90. The summed E-state index contributed by atoms with van der Waals surface area (Å²) in [6.45, 7) is 6.20. The number of fused-ring (bicyclic) bond motifs is 2. The number of hydrogen-bond acceptors (Lipinski definition) is 5. The van der Waals surface area contributed by atoms with E-state index in [0.717, 1.165) is 65.9 Å². The summed E-state index contributed by atoms with van der Waals surface area (Å²) in [5.74, 6) is 2.09. The molecule has 2 aliphatic heterocycles. The van der Waals surface area contributed by atoms with E-state index in [9.17, 15) is 4.39 Å². The van der Waals surface area contributed by atoms with Gasteiger partial charge in [0, 0.05) is 49.2 Å². The molecular weight excluding hydrogens is 391 g/mol. The van der Waals surface area contributed by atoms with Crippen LogP contribution in [-0.2, 0) is 0 Å². The number of anilines is 1. The molecule has 0 radical (unpaired) electrons. The summed E-state index contributed by atoms with van der Waals surface area (Å²) in [7, 11) is 0. The van der Waals surface area contributed by atoms with Crippen molar-refractivity contribution in [1.29, 1.82) is 0 Å². The molecule has 0 spiro atoms. The van der Waals surface area contributed by atoms with E-state index >= 15 is 0 Å². The van der Waals surface area contributed by atoms with Gasteiger partial charge in [-0.2, -0.15) is 0 Å². The first-order valence-corrected chi connectivity index (χ1v) is 10.7. The Labute approximate surface area is 179 Å². The second-order valence-corrected chi connectivity index (χ2v) is 8.55. The third-order valence-electron chi connectivity index (χ3n) is 6.46. The average molecular weight is 414 g/mol. The zero-order valence-corrected chi connectivity index (χ0v) is 17.3. The highest BCUT2D eigenvalue weighted by atomic mass is 19.1. The van der Waals surface area contributed by atoms with Crippen LogP contribution in [0.4, 0.5) is 10.2 Å². The van der Waals surface area contributed by atoms with Crippen molar-refractivity contribution in [3.05, 3.63) is 66.2 Å². The molecule has 0 aliphatic carbocycles. The Morgan fingerprint density at radius 3 is 2.48 bits per heavy atom. The molecule has 0 amide bonds. The lowest BCUT2D eigenvalue weighted by Gasteiger charge is -2.18.